The van der Waals surface area contributed by atoms with Crippen LogP contribution in [0.3, 0.4) is 0 Å². The molecule has 0 amide bonds. The minimum Gasteiger partial charge on any atom is -0.508 e. The zero-order chi connectivity index (χ0) is 27.6. The summed E-state index contributed by atoms with van der Waals surface area (Å²) in [5.41, 5.74) is -1.58. The minimum atomic E-state index is -1.97. The highest BCUT2D eigenvalue weighted by atomic mass is 16.8. The predicted molar refractivity (Wildman–Crippen MR) is 125 cm³/mol. The maximum absolute atomic E-state index is 12.3. The third-order valence-corrected chi connectivity index (χ3v) is 6.65. The van der Waals surface area contributed by atoms with Crippen LogP contribution in [0.1, 0.15) is 5.56 Å². The van der Waals surface area contributed by atoms with Crippen molar-refractivity contribution in [2.75, 3.05) is 13.2 Å². The molecule has 7 N–H and O–H groups in total. The first kappa shape index (κ1) is 27.7. The lowest BCUT2D eigenvalue weighted by Crippen LogP contribution is -2.61. The smallest absolute Gasteiger partial charge is 0.335 e. The Hall–Kier alpha value is -3.30. The first-order valence-corrected chi connectivity index (χ1v) is 11.6. The fraction of sp³-hybridized carbons (Fsp3) is 0.440. The lowest BCUT2D eigenvalue weighted by atomic mass is 9.79. The normalized spacial score (nSPS) is 36.4. The molecule has 0 radical (unpaired) electrons. The van der Waals surface area contributed by atoms with Crippen LogP contribution >= 0.6 is 0 Å². The van der Waals surface area contributed by atoms with E-state index in [0.717, 1.165) is 12.3 Å². The number of hydrogen-bond donors (Lipinski definition) is 7. The average molecular weight is 536 g/mol. The molecule has 1 fully saturated rings. The van der Waals surface area contributed by atoms with Gasteiger partial charge in [-0.1, -0.05) is 24.3 Å². The van der Waals surface area contributed by atoms with Gasteiger partial charge in [-0.2, -0.15) is 0 Å². The number of phenols is 1. The largest absolute Gasteiger partial charge is 0.508 e. The number of carboxylic acids is 1. The van der Waals surface area contributed by atoms with Crippen LogP contribution in [0.2, 0.25) is 0 Å². The number of benzene rings is 1. The van der Waals surface area contributed by atoms with Crippen molar-refractivity contribution in [3.63, 3.8) is 0 Å². The Kier molecular flexibility index (Phi) is 8.18. The summed E-state index contributed by atoms with van der Waals surface area (Å²) in [6, 6.07) is 6.00. The average Bonchev–Trinajstić information content (AvgIpc) is 3.25. The number of aliphatic hydroxyl groups is 5. The lowest BCUT2D eigenvalue weighted by molar-refractivity contribution is -0.346. The number of phenolic OH excluding ortho intramolecular Hbond substituents is 1. The number of hydrogen-bond acceptors (Lipinski definition) is 12. The van der Waals surface area contributed by atoms with Crippen LogP contribution in [-0.2, 0) is 28.5 Å². The molecule has 2 aliphatic heterocycles. The molecule has 3 aliphatic rings. The number of rotatable bonds is 8. The summed E-state index contributed by atoms with van der Waals surface area (Å²) >= 11 is 0. The standard InChI is InChI=1S/C25H28O13/c26-9-16-19(29)20(30)21(31)24(37-16)38-23-18-14(15(10-35-23)22(32)33)7-8-25(18,34)11-36-17(28)6-3-12-1-4-13(27)5-2-12/h1-8,10,14,16,18-21,23-24,26-27,29-31,34H,9,11H2,(H,32,33). The van der Waals surface area contributed by atoms with Gasteiger partial charge in [-0.15, -0.1) is 0 Å². The Labute approximate surface area is 216 Å². The van der Waals surface area contributed by atoms with Gasteiger partial charge in [0.1, 0.15) is 42.4 Å². The topological polar surface area (TPSA) is 213 Å². The first-order valence-electron chi connectivity index (χ1n) is 11.6. The van der Waals surface area contributed by atoms with Crippen molar-refractivity contribution in [3.05, 3.63) is 59.9 Å². The lowest BCUT2D eigenvalue weighted by Gasteiger charge is -2.44. The third kappa shape index (κ3) is 5.59. The van der Waals surface area contributed by atoms with Gasteiger partial charge in [-0.25, -0.2) is 9.59 Å². The van der Waals surface area contributed by atoms with Crippen LogP contribution in [0.4, 0.5) is 0 Å². The Morgan fingerprint density at radius 2 is 1.76 bits per heavy atom. The maximum Gasteiger partial charge on any atom is 0.335 e. The van der Waals surface area contributed by atoms with Gasteiger partial charge >= 0.3 is 11.9 Å². The monoisotopic (exact) mass is 536 g/mol. The molecule has 1 aromatic rings. The zero-order valence-corrected chi connectivity index (χ0v) is 19.8. The summed E-state index contributed by atoms with van der Waals surface area (Å²) in [6.07, 6.45) is -3.40. The molecule has 38 heavy (non-hydrogen) atoms. The molecule has 1 saturated heterocycles. The summed E-state index contributed by atoms with van der Waals surface area (Å²) in [6.45, 7) is -1.32. The third-order valence-electron chi connectivity index (χ3n) is 6.65. The molecule has 9 unspecified atom stereocenters. The van der Waals surface area contributed by atoms with Gasteiger partial charge in [0.05, 0.1) is 24.4 Å². The van der Waals surface area contributed by atoms with Crippen LogP contribution in [0, 0.1) is 11.8 Å². The molecule has 1 aliphatic carbocycles. The van der Waals surface area contributed by atoms with Crippen LogP contribution in [-0.4, -0.2) is 103 Å². The maximum atomic E-state index is 12.3. The highest BCUT2D eigenvalue weighted by Crippen LogP contribution is 2.45. The molecule has 4 rings (SSSR count). The second-order valence-electron chi connectivity index (χ2n) is 9.15. The Morgan fingerprint density at radius 1 is 1.05 bits per heavy atom. The van der Waals surface area contributed by atoms with E-state index in [1.54, 1.807) is 12.1 Å². The summed E-state index contributed by atoms with van der Waals surface area (Å²) in [7, 11) is 0. The number of esters is 1. The second kappa shape index (κ2) is 11.2. The van der Waals surface area contributed by atoms with Gasteiger partial charge in [0, 0.05) is 12.0 Å². The quantitative estimate of drug-likeness (QED) is 0.116. The SMILES string of the molecule is O=C(C=Cc1ccc(O)cc1)OCC1(O)C=CC2C(C(=O)O)=COC(OC3OC(CO)C(O)C(O)C3O)C21. The molecule has 0 saturated carbocycles. The highest BCUT2D eigenvalue weighted by Gasteiger charge is 2.56. The van der Waals surface area contributed by atoms with E-state index in [9.17, 15) is 45.3 Å². The number of ether oxygens (including phenoxy) is 4. The van der Waals surface area contributed by atoms with Crippen molar-refractivity contribution < 1.29 is 64.3 Å². The van der Waals surface area contributed by atoms with Gasteiger partial charge in [0.15, 0.2) is 6.29 Å². The van der Waals surface area contributed by atoms with E-state index in [1.165, 1.54) is 30.4 Å². The Morgan fingerprint density at radius 3 is 2.42 bits per heavy atom. The molecule has 13 heteroatoms. The van der Waals surface area contributed by atoms with Crippen LogP contribution in [0.15, 0.2) is 54.3 Å². The molecule has 1 aromatic carbocycles. The van der Waals surface area contributed by atoms with Crippen LogP contribution in [0.5, 0.6) is 5.75 Å². The number of carbonyl (C=O) groups is 2. The number of carboxylic acid groups (broad SMARTS) is 1. The van der Waals surface area contributed by atoms with Gasteiger partial charge in [0.2, 0.25) is 6.29 Å². The summed E-state index contributed by atoms with van der Waals surface area (Å²) in [5, 5.41) is 70.1. The number of carbonyl (C=O) groups excluding carboxylic acids is 1. The first-order chi connectivity index (χ1) is 18.0. The van der Waals surface area contributed by atoms with Crippen molar-refractivity contribution in [3.8, 4) is 5.75 Å². The fourth-order valence-corrected chi connectivity index (χ4v) is 4.57. The number of fused-ring (bicyclic) bond motifs is 1. The Balaban J connectivity index is 1.50. The summed E-state index contributed by atoms with van der Waals surface area (Å²) in [5.74, 6) is -4.23. The van der Waals surface area contributed by atoms with E-state index in [1.807, 2.05) is 0 Å². The van der Waals surface area contributed by atoms with E-state index in [0.29, 0.717) is 5.56 Å². The highest BCUT2D eigenvalue weighted by molar-refractivity contribution is 5.88. The Bertz CT molecular complexity index is 1110. The number of allylic oxidation sites excluding steroid dienone is 1. The van der Waals surface area contributed by atoms with Gasteiger partial charge in [-0.3, -0.25) is 0 Å². The van der Waals surface area contributed by atoms with Crippen molar-refractivity contribution in [2.45, 2.75) is 42.6 Å². The van der Waals surface area contributed by atoms with Crippen molar-refractivity contribution in [1.29, 1.82) is 0 Å². The second-order valence-corrected chi connectivity index (χ2v) is 9.15. The molecule has 2 heterocycles. The van der Waals surface area contributed by atoms with E-state index < -0.39 is 79.6 Å². The fourth-order valence-electron chi connectivity index (χ4n) is 4.57. The molecule has 206 valence electrons. The summed E-state index contributed by atoms with van der Waals surface area (Å²) < 4.78 is 21.6. The molecule has 0 aromatic heterocycles. The van der Waals surface area contributed by atoms with Crippen molar-refractivity contribution >= 4 is 18.0 Å². The van der Waals surface area contributed by atoms with E-state index in [2.05, 4.69) is 0 Å². The van der Waals surface area contributed by atoms with Crippen LogP contribution in [0.25, 0.3) is 6.08 Å². The number of aliphatic carboxylic acids is 1. The number of aromatic hydroxyl groups is 1. The minimum absolute atomic E-state index is 0.0551. The zero-order valence-electron chi connectivity index (χ0n) is 19.8. The molecular weight excluding hydrogens is 508 g/mol. The molecule has 9 atom stereocenters. The van der Waals surface area contributed by atoms with Gasteiger partial charge in [-0.05, 0) is 23.8 Å². The van der Waals surface area contributed by atoms with Crippen molar-refractivity contribution in [1.82, 2.24) is 0 Å². The van der Waals surface area contributed by atoms with E-state index in [4.69, 9.17) is 18.9 Å². The number of aliphatic hydroxyl groups excluding tert-OH is 4. The van der Waals surface area contributed by atoms with E-state index >= 15 is 0 Å². The summed E-state index contributed by atoms with van der Waals surface area (Å²) in [4.78, 5) is 24.1. The molecular formula is C25H28O13. The van der Waals surface area contributed by atoms with Gasteiger partial charge < -0.3 is 54.7 Å². The molecule has 0 spiro atoms. The van der Waals surface area contributed by atoms with Crippen molar-refractivity contribution in [2.24, 2.45) is 11.8 Å². The predicted octanol–water partition coefficient (Wildman–Crippen LogP) is -1.38. The van der Waals surface area contributed by atoms with Gasteiger partial charge in [0.25, 0.3) is 0 Å². The van der Waals surface area contributed by atoms with Crippen LogP contribution < -0.4 is 0 Å². The molecule has 13 nitrogen and oxygen atoms in total. The van der Waals surface area contributed by atoms with E-state index in [-0.39, 0.29) is 11.3 Å². The molecule has 0 bridgehead atoms.